The first-order chi connectivity index (χ1) is 18.0. The molecule has 0 saturated heterocycles. The predicted octanol–water partition coefficient (Wildman–Crippen LogP) is 5.63. The summed E-state index contributed by atoms with van der Waals surface area (Å²) in [5.41, 5.74) is 1.03. The molecule has 0 aliphatic heterocycles. The third kappa shape index (κ3) is 7.58. The molecule has 202 valence electrons. The van der Waals surface area contributed by atoms with Crippen molar-refractivity contribution in [2.75, 3.05) is 10.8 Å². The highest BCUT2D eigenvalue weighted by Crippen LogP contribution is 2.27. The number of hydrogen-bond acceptors (Lipinski definition) is 4. The lowest BCUT2D eigenvalue weighted by Gasteiger charge is -2.32. The molecule has 2 atom stereocenters. The largest absolute Gasteiger partial charge is 0.352 e. The fourth-order valence-corrected chi connectivity index (χ4v) is 5.79. The molecule has 0 heterocycles. The zero-order chi connectivity index (χ0) is 27.9. The number of nitrogens with zero attached hydrogens (tertiary/aromatic N) is 2. The minimum absolute atomic E-state index is 0.0525. The number of anilines is 1. The van der Waals surface area contributed by atoms with Gasteiger partial charge >= 0.3 is 0 Å². The van der Waals surface area contributed by atoms with Crippen molar-refractivity contribution < 1.29 is 18.0 Å². The van der Waals surface area contributed by atoms with Gasteiger partial charge in [0, 0.05) is 22.1 Å². The van der Waals surface area contributed by atoms with Crippen LogP contribution in [0.4, 0.5) is 5.69 Å². The first-order valence-electron chi connectivity index (χ1n) is 12.2. The minimum Gasteiger partial charge on any atom is -0.352 e. The Balaban J connectivity index is 2.02. The van der Waals surface area contributed by atoms with Crippen LogP contribution in [-0.4, -0.2) is 43.8 Å². The van der Waals surface area contributed by atoms with E-state index >= 15 is 0 Å². The van der Waals surface area contributed by atoms with Crippen molar-refractivity contribution in [3.05, 3.63) is 93.9 Å². The van der Waals surface area contributed by atoms with E-state index in [2.05, 4.69) is 21.2 Å². The maximum Gasteiger partial charge on any atom is 0.264 e. The first-order valence-corrected chi connectivity index (χ1v) is 14.8. The van der Waals surface area contributed by atoms with Crippen LogP contribution in [0.15, 0.2) is 88.2 Å². The number of sulfonamides is 1. The smallest absolute Gasteiger partial charge is 0.264 e. The molecule has 38 heavy (non-hydrogen) atoms. The van der Waals surface area contributed by atoms with Crippen LogP contribution in [0, 0.1) is 0 Å². The van der Waals surface area contributed by atoms with Gasteiger partial charge in [-0.25, -0.2) is 8.42 Å². The van der Waals surface area contributed by atoms with Gasteiger partial charge in [0.15, 0.2) is 0 Å². The van der Waals surface area contributed by atoms with Crippen LogP contribution in [0.3, 0.4) is 0 Å². The number of carbonyl (C=O) groups excluding carboxylic acids is 2. The van der Waals surface area contributed by atoms with Crippen molar-refractivity contribution in [3.8, 4) is 0 Å². The number of amides is 2. The van der Waals surface area contributed by atoms with E-state index in [1.807, 2.05) is 13.8 Å². The van der Waals surface area contributed by atoms with Gasteiger partial charge in [0.25, 0.3) is 10.0 Å². The van der Waals surface area contributed by atoms with Crippen molar-refractivity contribution in [1.82, 2.24) is 10.2 Å². The summed E-state index contributed by atoms with van der Waals surface area (Å²) >= 11 is 9.56. The molecule has 0 saturated carbocycles. The molecular weight excluding hydrogens is 590 g/mol. The highest BCUT2D eigenvalue weighted by molar-refractivity contribution is 9.10. The number of hydrogen-bond donors (Lipinski definition) is 1. The molecule has 3 aromatic rings. The topological polar surface area (TPSA) is 86.8 Å². The van der Waals surface area contributed by atoms with E-state index < -0.39 is 28.5 Å². The van der Waals surface area contributed by atoms with E-state index in [1.165, 1.54) is 17.0 Å². The molecule has 3 rings (SSSR count). The Morgan fingerprint density at radius 3 is 2.29 bits per heavy atom. The molecule has 2 amide bonds. The second-order valence-corrected chi connectivity index (χ2v) is 12.2. The van der Waals surface area contributed by atoms with Gasteiger partial charge in [0.2, 0.25) is 11.8 Å². The summed E-state index contributed by atoms with van der Waals surface area (Å²) < 4.78 is 29.2. The quantitative estimate of drug-likeness (QED) is 0.301. The summed E-state index contributed by atoms with van der Waals surface area (Å²) in [6, 6.07) is 20.7. The lowest BCUT2D eigenvalue weighted by molar-refractivity contribution is -0.139. The Hall–Kier alpha value is -2.88. The molecule has 0 unspecified atom stereocenters. The molecule has 3 aromatic carbocycles. The van der Waals surface area contributed by atoms with Crippen molar-refractivity contribution in [3.63, 3.8) is 0 Å². The van der Waals surface area contributed by atoms with Crippen molar-refractivity contribution in [1.29, 1.82) is 0 Å². The van der Waals surface area contributed by atoms with Crippen molar-refractivity contribution in [2.45, 2.75) is 50.7 Å². The normalized spacial score (nSPS) is 12.9. The van der Waals surface area contributed by atoms with Gasteiger partial charge in [-0.3, -0.25) is 13.9 Å². The maximum absolute atomic E-state index is 13.9. The predicted molar refractivity (Wildman–Crippen MR) is 154 cm³/mol. The molecule has 0 spiro atoms. The van der Waals surface area contributed by atoms with Crippen LogP contribution in [0.1, 0.15) is 32.8 Å². The summed E-state index contributed by atoms with van der Waals surface area (Å²) in [7, 11) is -4.10. The van der Waals surface area contributed by atoms with Gasteiger partial charge in [-0.15, -0.1) is 0 Å². The number of nitrogens with one attached hydrogen (secondary N) is 1. The Kier molecular flexibility index (Phi) is 10.4. The van der Waals surface area contributed by atoms with E-state index in [1.54, 1.807) is 73.7 Å². The molecule has 0 aromatic heterocycles. The number of rotatable bonds is 11. The second kappa shape index (κ2) is 13.3. The molecule has 10 heteroatoms. The van der Waals surface area contributed by atoms with Crippen LogP contribution in [0.25, 0.3) is 0 Å². The Bertz CT molecular complexity index is 1370. The number of carbonyl (C=O) groups is 2. The van der Waals surface area contributed by atoms with Crippen LogP contribution >= 0.6 is 27.5 Å². The summed E-state index contributed by atoms with van der Waals surface area (Å²) in [6.45, 7) is 5.04. The van der Waals surface area contributed by atoms with Crippen LogP contribution in [-0.2, 0) is 26.2 Å². The summed E-state index contributed by atoms with van der Waals surface area (Å²) in [4.78, 5) is 28.4. The highest BCUT2D eigenvalue weighted by atomic mass is 79.9. The van der Waals surface area contributed by atoms with Crippen molar-refractivity contribution >= 4 is 55.1 Å². The average Bonchev–Trinajstić information content (AvgIpc) is 2.90. The number of benzene rings is 3. The van der Waals surface area contributed by atoms with E-state index in [0.717, 1.165) is 10.7 Å². The van der Waals surface area contributed by atoms with Gasteiger partial charge in [0.05, 0.1) is 10.6 Å². The van der Waals surface area contributed by atoms with Gasteiger partial charge in [-0.2, -0.15) is 0 Å². The van der Waals surface area contributed by atoms with Gasteiger partial charge < -0.3 is 10.2 Å². The van der Waals surface area contributed by atoms with E-state index in [4.69, 9.17) is 11.6 Å². The van der Waals surface area contributed by atoms with E-state index in [-0.39, 0.29) is 23.4 Å². The average molecular weight is 621 g/mol. The Morgan fingerprint density at radius 1 is 0.974 bits per heavy atom. The second-order valence-electron chi connectivity index (χ2n) is 8.95. The molecule has 0 bridgehead atoms. The summed E-state index contributed by atoms with van der Waals surface area (Å²) in [5.74, 6) is -0.856. The molecule has 0 aliphatic rings. The molecule has 1 N–H and O–H groups in total. The lowest BCUT2D eigenvalue weighted by atomic mass is 10.1. The SMILES string of the molecule is CC[C@@H](C)NC(=O)[C@@H](C)N(Cc1cccc(Cl)c1)C(=O)CN(c1cccc(Br)c1)S(=O)(=O)c1ccccc1. The lowest BCUT2D eigenvalue weighted by Crippen LogP contribution is -2.52. The number of halogens is 2. The van der Waals surface area contributed by atoms with Gasteiger partial charge in [-0.05, 0) is 68.3 Å². The first kappa shape index (κ1) is 29.7. The van der Waals surface area contributed by atoms with Crippen LogP contribution in [0.2, 0.25) is 5.02 Å². The molecule has 0 radical (unpaired) electrons. The van der Waals surface area contributed by atoms with Crippen molar-refractivity contribution in [2.24, 2.45) is 0 Å². The third-order valence-corrected chi connectivity index (χ3v) is 8.63. The van der Waals surface area contributed by atoms with Gasteiger partial charge in [-0.1, -0.05) is 70.9 Å². The molecular formula is C28H31BrClN3O4S. The van der Waals surface area contributed by atoms with Crippen LogP contribution in [0.5, 0.6) is 0 Å². The molecule has 0 aliphatic carbocycles. The van der Waals surface area contributed by atoms with Crippen LogP contribution < -0.4 is 9.62 Å². The summed E-state index contributed by atoms with van der Waals surface area (Å²) in [5, 5.41) is 3.41. The maximum atomic E-state index is 13.9. The van der Waals surface area contributed by atoms with E-state index in [9.17, 15) is 18.0 Å². The molecule has 0 fully saturated rings. The fraction of sp³-hybridized carbons (Fsp3) is 0.286. The highest BCUT2D eigenvalue weighted by Gasteiger charge is 2.32. The minimum atomic E-state index is -4.10. The Morgan fingerprint density at radius 2 is 1.66 bits per heavy atom. The Labute approximate surface area is 238 Å². The molecule has 7 nitrogen and oxygen atoms in total. The zero-order valence-electron chi connectivity index (χ0n) is 21.5. The van der Waals surface area contributed by atoms with Gasteiger partial charge in [0.1, 0.15) is 12.6 Å². The monoisotopic (exact) mass is 619 g/mol. The zero-order valence-corrected chi connectivity index (χ0v) is 24.6. The summed E-state index contributed by atoms with van der Waals surface area (Å²) in [6.07, 6.45) is 0.729. The standard InChI is InChI=1S/C28H31BrClN3O4S/c1-4-20(2)31-28(35)21(3)32(18-22-10-8-12-24(30)16-22)27(34)19-33(25-13-9-11-23(29)17-25)38(36,37)26-14-6-5-7-15-26/h5-17,20-21H,4,18-19H2,1-3H3,(H,31,35)/t20-,21-/m1/s1. The third-order valence-electron chi connectivity index (χ3n) is 6.12. The fourth-order valence-electron chi connectivity index (χ4n) is 3.76. The van der Waals surface area contributed by atoms with E-state index in [0.29, 0.717) is 20.7 Å².